The van der Waals surface area contributed by atoms with Crippen LogP contribution in [0.5, 0.6) is 0 Å². The van der Waals surface area contributed by atoms with Crippen molar-refractivity contribution in [2.24, 2.45) is 0 Å². The van der Waals surface area contributed by atoms with Crippen LogP contribution in [0, 0.1) is 0 Å². The Kier molecular flexibility index (Phi) is 4.83. The summed E-state index contributed by atoms with van der Waals surface area (Å²) < 4.78 is 1.76. The zero-order chi connectivity index (χ0) is 18.6. The summed E-state index contributed by atoms with van der Waals surface area (Å²) >= 11 is 0. The second-order valence-electron chi connectivity index (χ2n) is 6.70. The van der Waals surface area contributed by atoms with Crippen molar-refractivity contribution in [3.63, 3.8) is 0 Å². The lowest BCUT2D eigenvalue weighted by atomic mass is 9.94. The minimum absolute atomic E-state index is 0.0372. The molecule has 1 N–H and O–H groups in total. The standard InChI is InChI=1S/C22H21N3O2/c26-20-14-18(16-8-2-1-3-9-16)21(19-11-5-7-13-25(19)20)22(27)24-15-17-10-4-6-12-23-17/h1-4,6,8-10,12,14H,5,7,11,13,15H2,(H,24,27). The molecule has 0 saturated heterocycles. The number of pyridine rings is 2. The first-order chi connectivity index (χ1) is 13.2. The van der Waals surface area contributed by atoms with Crippen LogP contribution in [0.3, 0.4) is 0 Å². The highest BCUT2D eigenvalue weighted by molar-refractivity contribution is 6.02. The number of nitrogens with zero attached hydrogens (tertiary/aromatic N) is 2. The molecule has 1 aliphatic rings. The van der Waals surface area contributed by atoms with Gasteiger partial charge < -0.3 is 9.88 Å². The van der Waals surface area contributed by atoms with E-state index in [4.69, 9.17) is 0 Å². The molecule has 136 valence electrons. The van der Waals surface area contributed by atoms with Gasteiger partial charge in [-0.3, -0.25) is 14.6 Å². The molecule has 4 rings (SSSR count). The fourth-order valence-electron chi connectivity index (χ4n) is 3.63. The Morgan fingerprint density at radius 2 is 1.89 bits per heavy atom. The van der Waals surface area contributed by atoms with E-state index < -0.39 is 0 Å². The molecule has 0 fully saturated rings. The molecule has 0 spiro atoms. The summed E-state index contributed by atoms with van der Waals surface area (Å²) in [5.41, 5.74) is 3.79. The number of amides is 1. The molecule has 3 heterocycles. The van der Waals surface area contributed by atoms with Gasteiger partial charge in [0.1, 0.15) is 0 Å². The lowest BCUT2D eigenvalue weighted by Gasteiger charge is -2.23. The van der Waals surface area contributed by atoms with Crippen LogP contribution in [0.1, 0.15) is 34.6 Å². The second-order valence-corrected chi connectivity index (χ2v) is 6.70. The zero-order valence-corrected chi connectivity index (χ0v) is 15.0. The van der Waals surface area contributed by atoms with Crippen molar-refractivity contribution in [2.75, 3.05) is 0 Å². The van der Waals surface area contributed by atoms with E-state index in [9.17, 15) is 9.59 Å². The van der Waals surface area contributed by atoms with Crippen LogP contribution in [0.2, 0.25) is 0 Å². The number of nitrogens with one attached hydrogen (secondary N) is 1. The molecule has 1 amide bonds. The molecule has 5 heteroatoms. The normalized spacial score (nSPS) is 13.0. The Labute approximate surface area is 157 Å². The van der Waals surface area contributed by atoms with E-state index in [0.717, 1.165) is 36.2 Å². The van der Waals surface area contributed by atoms with E-state index in [-0.39, 0.29) is 11.5 Å². The molecular weight excluding hydrogens is 338 g/mol. The number of rotatable bonds is 4. The maximum absolute atomic E-state index is 13.1. The number of hydrogen-bond donors (Lipinski definition) is 1. The van der Waals surface area contributed by atoms with Crippen LogP contribution in [-0.4, -0.2) is 15.5 Å². The zero-order valence-electron chi connectivity index (χ0n) is 15.0. The topological polar surface area (TPSA) is 64.0 Å². The summed E-state index contributed by atoms with van der Waals surface area (Å²) in [5, 5.41) is 2.98. The predicted octanol–water partition coefficient (Wildman–Crippen LogP) is 3.18. The monoisotopic (exact) mass is 359 g/mol. The Balaban J connectivity index is 1.77. The molecule has 0 bridgehead atoms. The van der Waals surface area contributed by atoms with Gasteiger partial charge in [-0.15, -0.1) is 0 Å². The van der Waals surface area contributed by atoms with Crippen molar-refractivity contribution in [3.05, 3.63) is 88.1 Å². The molecule has 0 aliphatic carbocycles. The van der Waals surface area contributed by atoms with Gasteiger partial charge in [0, 0.05) is 30.1 Å². The van der Waals surface area contributed by atoms with Crippen molar-refractivity contribution < 1.29 is 4.79 Å². The summed E-state index contributed by atoms with van der Waals surface area (Å²) in [7, 11) is 0. The van der Waals surface area contributed by atoms with Crippen LogP contribution in [0.4, 0.5) is 0 Å². The van der Waals surface area contributed by atoms with Crippen molar-refractivity contribution in [1.82, 2.24) is 14.9 Å². The Bertz CT molecular complexity index is 1010. The number of benzene rings is 1. The largest absolute Gasteiger partial charge is 0.346 e. The highest BCUT2D eigenvalue weighted by Crippen LogP contribution is 2.28. The average Bonchev–Trinajstić information content (AvgIpc) is 2.73. The third-order valence-corrected chi connectivity index (χ3v) is 4.93. The van der Waals surface area contributed by atoms with Gasteiger partial charge in [0.2, 0.25) is 0 Å². The van der Waals surface area contributed by atoms with E-state index in [1.807, 2.05) is 48.5 Å². The third kappa shape index (κ3) is 3.53. The van der Waals surface area contributed by atoms with Gasteiger partial charge in [0.15, 0.2) is 0 Å². The van der Waals surface area contributed by atoms with Crippen molar-refractivity contribution >= 4 is 5.91 Å². The Morgan fingerprint density at radius 1 is 1.07 bits per heavy atom. The highest BCUT2D eigenvalue weighted by atomic mass is 16.2. The summed E-state index contributed by atoms with van der Waals surface area (Å²) in [6.45, 7) is 1.02. The van der Waals surface area contributed by atoms with Crippen LogP contribution in [-0.2, 0) is 19.5 Å². The van der Waals surface area contributed by atoms with E-state index >= 15 is 0 Å². The van der Waals surface area contributed by atoms with Gasteiger partial charge in [-0.05, 0) is 37.0 Å². The first kappa shape index (κ1) is 17.2. The SMILES string of the molecule is O=C(NCc1ccccn1)c1c(-c2ccccc2)cc(=O)n2c1CCCC2. The fourth-order valence-corrected chi connectivity index (χ4v) is 3.63. The number of carbonyl (C=O) groups is 1. The minimum atomic E-state index is -0.162. The average molecular weight is 359 g/mol. The molecule has 5 nitrogen and oxygen atoms in total. The van der Waals surface area contributed by atoms with E-state index in [2.05, 4.69) is 10.3 Å². The van der Waals surface area contributed by atoms with E-state index in [1.54, 1.807) is 16.8 Å². The van der Waals surface area contributed by atoms with Crippen molar-refractivity contribution in [1.29, 1.82) is 0 Å². The predicted molar refractivity (Wildman–Crippen MR) is 104 cm³/mol. The van der Waals surface area contributed by atoms with Crippen LogP contribution in [0.15, 0.2) is 65.6 Å². The van der Waals surface area contributed by atoms with Crippen LogP contribution in [0.25, 0.3) is 11.1 Å². The number of aromatic nitrogens is 2. The quantitative estimate of drug-likeness (QED) is 0.778. The number of carbonyl (C=O) groups excluding carboxylic acids is 1. The van der Waals surface area contributed by atoms with Gasteiger partial charge in [0.25, 0.3) is 11.5 Å². The summed E-state index contributed by atoms with van der Waals surface area (Å²) in [6.07, 6.45) is 4.40. The smallest absolute Gasteiger partial charge is 0.254 e. The Hall–Kier alpha value is -3.21. The fraction of sp³-hybridized carbons (Fsp3) is 0.227. The summed E-state index contributed by atoms with van der Waals surface area (Å²) in [5.74, 6) is -0.162. The van der Waals surface area contributed by atoms with E-state index in [1.165, 1.54) is 0 Å². The van der Waals surface area contributed by atoms with Gasteiger partial charge in [-0.25, -0.2) is 0 Å². The van der Waals surface area contributed by atoms with Crippen LogP contribution < -0.4 is 10.9 Å². The van der Waals surface area contributed by atoms with Crippen molar-refractivity contribution in [2.45, 2.75) is 32.4 Å². The molecule has 0 atom stereocenters. The second kappa shape index (κ2) is 7.58. The lowest BCUT2D eigenvalue weighted by Crippen LogP contribution is -2.33. The highest BCUT2D eigenvalue weighted by Gasteiger charge is 2.23. The van der Waals surface area contributed by atoms with Crippen LogP contribution >= 0.6 is 0 Å². The van der Waals surface area contributed by atoms with Gasteiger partial charge in [-0.2, -0.15) is 0 Å². The molecule has 27 heavy (non-hydrogen) atoms. The Morgan fingerprint density at radius 3 is 2.67 bits per heavy atom. The van der Waals surface area contributed by atoms with Crippen molar-refractivity contribution in [3.8, 4) is 11.1 Å². The van der Waals surface area contributed by atoms with Gasteiger partial charge >= 0.3 is 0 Å². The molecule has 1 aromatic carbocycles. The molecule has 3 aromatic rings. The molecule has 1 aliphatic heterocycles. The maximum atomic E-state index is 13.1. The summed E-state index contributed by atoms with van der Waals surface area (Å²) in [4.78, 5) is 30.0. The van der Waals surface area contributed by atoms with E-state index in [0.29, 0.717) is 24.2 Å². The molecule has 0 radical (unpaired) electrons. The number of hydrogen-bond acceptors (Lipinski definition) is 3. The maximum Gasteiger partial charge on any atom is 0.254 e. The first-order valence-corrected chi connectivity index (χ1v) is 9.24. The molecular formula is C22H21N3O2. The van der Waals surface area contributed by atoms with Gasteiger partial charge in [-0.1, -0.05) is 36.4 Å². The first-order valence-electron chi connectivity index (χ1n) is 9.24. The molecule has 0 saturated carbocycles. The van der Waals surface area contributed by atoms with Gasteiger partial charge in [0.05, 0.1) is 17.8 Å². The molecule has 2 aromatic heterocycles. The number of fused-ring (bicyclic) bond motifs is 1. The third-order valence-electron chi connectivity index (χ3n) is 4.93. The minimum Gasteiger partial charge on any atom is -0.346 e. The molecule has 0 unspecified atom stereocenters. The summed E-state index contributed by atoms with van der Waals surface area (Å²) in [6, 6.07) is 16.9. The lowest BCUT2D eigenvalue weighted by molar-refractivity contribution is 0.0948.